The fourth-order valence-corrected chi connectivity index (χ4v) is 4.96. The zero-order valence-corrected chi connectivity index (χ0v) is 20.3. The van der Waals surface area contributed by atoms with Gasteiger partial charge in [-0.2, -0.15) is 10.2 Å². The van der Waals surface area contributed by atoms with Gasteiger partial charge in [-0.05, 0) is 66.9 Å². The molecule has 0 fully saturated rings. The van der Waals surface area contributed by atoms with Gasteiger partial charge in [0.15, 0.2) is 9.84 Å². The minimum atomic E-state index is -3.81. The number of nitrogens with one attached hydrogen (secondary N) is 2. The first-order chi connectivity index (χ1) is 17.3. The minimum absolute atomic E-state index is 0.000674. The molecule has 4 aromatic rings. The van der Waals surface area contributed by atoms with Gasteiger partial charge in [0.25, 0.3) is 5.91 Å². The molecule has 4 rings (SSSR count). The molecule has 0 unspecified atom stereocenters. The van der Waals surface area contributed by atoms with Crippen LogP contribution < -0.4 is 5.32 Å². The number of carbonyl (C=O) groups excluding carboxylic acids is 1. The van der Waals surface area contributed by atoms with E-state index in [4.69, 9.17) is 0 Å². The molecule has 8 nitrogen and oxygen atoms in total. The lowest BCUT2D eigenvalue weighted by Gasteiger charge is -2.09. The topological polar surface area (TPSA) is 110 Å². The van der Waals surface area contributed by atoms with Crippen LogP contribution in [0.5, 0.6) is 0 Å². The standard InChI is InChI=1S/C26H24FN5O3S/c1-32-14-12-24(31-32)18-36(34,35)25-11-8-22(26(33)28-13-2-3-20-16-29-30-17-20)15-21(25)7-4-19-5-9-23(27)10-6-19/h5-6,8-12,14-17H,2-3,13,18H2,1H3,(H,28,33)(H,29,30). The van der Waals surface area contributed by atoms with Gasteiger partial charge < -0.3 is 5.32 Å². The molecule has 36 heavy (non-hydrogen) atoms. The van der Waals surface area contributed by atoms with Crippen molar-refractivity contribution < 1.29 is 17.6 Å². The van der Waals surface area contributed by atoms with Crippen LogP contribution in [0.4, 0.5) is 4.39 Å². The van der Waals surface area contributed by atoms with Crippen molar-refractivity contribution in [2.45, 2.75) is 23.5 Å². The predicted molar refractivity (Wildman–Crippen MR) is 132 cm³/mol. The van der Waals surface area contributed by atoms with Crippen LogP contribution in [0, 0.1) is 17.7 Å². The first-order valence-electron chi connectivity index (χ1n) is 11.2. The first kappa shape index (κ1) is 24.9. The largest absolute Gasteiger partial charge is 0.352 e. The first-order valence-corrected chi connectivity index (χ1v) is 12.8. The second-order valence-electron chi connectivity index (χ2n) is 8.17. The third-order valence-electron chi connectivity index (χ3n) is 5.35. The highest BCUT2D eigenvalue weighted by atomic mass is 32.2. The second kappa shape index (κ2) is 11.0. The van der Waals surface area contributed by atoms with E-state index in [1.165, 1.54) is 47.1 Å². The van der Waals surface area contributed by atoms with Crippen molar-refractivity contribution in [1.29, 1.82) is 0 Å². The summed E-state index contributed by atoms with van der Waals surface area (Å²) in [5.74, 6) is 4.68. The fourth-order valence-electron chi connectivity index (χ4n) is 3.54. The number of H-pyrrole nitrogens is 1. The molecule has 0 spiro atoms. The number of benzene rings is 2. The lowest BCUT2D eigenvalue weighted by molar-refractivity contribution is 0.0953. The number of aromatic amines is 1. The minimum Gasteiger partial charge on any atom is -0.352 e. The Bertz CT molecular complexity index is 1520. The summed E-state index contributed by atoms with van der Waals surface area (Å²) in [6.45, 7) is 0.445. The lowest BCUT2D eigenvalue weighted by Crippen LogP contribution is -2.25. The SMILES string of the molecule is Cn1ccc(CS(=O)(=O)c2ccc(C(=O)NCCCc3cn[nH]c3)cc2C#Cc2ccc(F)cc2)n1. The van der Waals surface area contributed by atoms with Gasteiger partial charge >= 0.3 is 0 Å². The number of carbonyl (C=O) groups is 1. The van der Waals surface area contributed by atoms with Crippen molar-refractivity contribution in [3.8, 4) is 11.8 Å². The molecule has 0 aliphatic heterocycles. The number of hydrogen-bond donors (Lipinski definition) is 2. The van der Waals surface area contributed by atoms with Crippen LogP contribution in [0.3, 0.4) is 0 Å². The van der Waals surface area contributed by atoms with Crippen LogP contribution in [0.2, 0.25) is 0 Å². The summed E-state index contributed by atoms with van der Waals surface area (Å²) < 4.78 is 41.2. The molecule has 2 N–H and O–H groups in total. The van der Waals surface area contributed by atoms with Crippen molar-refractivity contribution in [1.82, 2.24) is 25.3 Å². The van der Waals surface area contributed by atoms with Crippen LogP contribution in [0.15, 0.2) is 72.0 Å². The normalized spacial score (nSPS) is 11.1. The Morgan fingerprint density at radius 2 is 1.94 bits per heavy atom. The summed E-state index contributed by atoms with van der Waals surface area (Å²) in [5, 5.41) is 13.6. The van der Waals surface area contributed by atoms with Crippen molar-refractivity contribution in [2.24, 2.45) is 7.05 Å². The molecule has 2 aromatic heterocycles. The molecule has 0 atom stereocenters. The maximum absolute atomic E-state index is 13.2. The summed E-state index contributed by atoms with van der Waals surface area (Å²) in [4.78, 5) is 12.7. The fraction of sp³-hybridized carbons (Fsp3) is 0.192. The molecule has 0 saturated heterocycles. The summed E-state index contributed by atoms with van der Waals surface area (Å²) in [6.07, 6.45) is 6.69. The van der Waals surface area contributed by atoms with Crippen molar-refractivity contribution in [3.63, 3.8) is 0 Å². The van der Waals surface area contributed by atoms with Crippen LogP contribution >= 0.6 is 0 Å². The highest BCUT2D eigenvalue weighted by Crippen LogP contribution is 2.22. The molecule has 0 aliphatic carbocycles. The number of sulfone groups is 1. The number of rotatable bonds is 8. The Morgan fingerprint density at radius 1 is 1.14 bits per heavy atom. The van der Waals surface area contributed by atoms with Gasteiger partial charge in [0, 0.05) is 42.7 Å². The molecule has 1 amide bonds. The Balaban J connectivity index is 1.58. The molecule has 10 heteroatoms. The van der Waals surface area contributed by atoms with Crippen LogP contribution in [-0.2, 0) is 29.1 Å². The van der Waals surface area contributed by atoms with Crippen LogP contribution in [0.1, 0.15) is 39.2 Å². The molecule has 0 bridgehead atoms. The average Bonchev–Trinajstić information content (AvgIpc) is 3.52. The van der Waals surface area contributed by atoms with E-state index in [0.29, 0.717) is 23.4 Å². The highest BCUT2D eigenvalue weighted by molar-refractivity contribution is 7.90. The van der Waals surface area contributed by atoms with Crippen molar-refractivity contribution in [2.75, 3.05) is 6.54 Å². The number of amides is 1. The van der Waals surface area contributed by atoms with E-state index >= 15 is 0 Å². The zero-order chi connectivity index (χ0) is 25.5. The van der Waals surface area contributed by atoms with Gasteiger partial charge in [0.1, 0.15) is 5.82 Å². The lowest BCUT2D eigenvalue weighted by atomic mass is 10.1. The smallest absolute Gasteiger partial charge is 0.251 e. The molecule has 0 aliphatic rings. The van der Waals surface area contributed by atoms with E-state index in [1.54, 1.807) is 31.7 Å². The number of hydrogen-bond acceptors (Lipinski definition) is 5. The van der Waals surface area contributed by atoms with Gasteiger partial charge in [-0.15, -0.1) is 0 Å². The molecular weight excluding hydrogens is 481 g/mol. The van der Waals surface area contributed by atoms with Crippen molar-refractivity contribution >= 4 is 15.7 Å². The third-order valence-corrected chi connectivity index (χ3v) is 7.05. The van der Waals surface area contributed by atoms with E-state index < -0.39 is 15.7 Å². The number of halogens is 1. The monoisotopic (exact) mass is 505 g/mol. The summed E-state index contributed by atoms with van der Waals surface area (Å²) in [6, 6.07) is 11.5. The van der Waals surface area contributed by atoms with E-state index in [9.17, 15) is 17.6 Å². The van der Waals surface area contributed by atoms with Crippen molar-refractivity contribution in [3.05, 3.63) is 101 Å². The maximum Gasteiger partial charge on any atom is 0.251 e. The summed E-state index contributed by atoms with van der Waals surface area (Å²) >= 11 is 0. The Labute approximate surface area is 208 Å². The van der Waals surface area contributed by atoms with E-state index in [2.05, 4.69) is 32.5 Å². The van der Waals surface area contributed by atoms with Gasteiger partial charge in [-0.3, -0.25) is 14.6 Å². The van der Waals surface area contributed by atoms with E-state index in [-0.39, 0.29) is 22.1 Å². The Hall–Kier alpha value is -4.23. The summed E-state index contributed by atoms with van der Waals surface area (Å²) in [5.41, 5.74) is 2.43. The maximum atomic E-state index is 13.2. The Morgan fingerprint density at radius 3 is 2.64 bits per heavy atom. The molecule has 0 saturated carbocycles. The number of aromatic nitrogens is 4. The molecule has 2 heterocycles. The van der Waals surface area contributed by atoms with Gasteiger partial charge in [0.05, 0.1) is 22.5 Å². The second-order valence-corrected chi connectivity index (χ2v) is 10.1. The molecular formula is C26H24FN5O3S. The van der Waals surface area contributed by atoms with Gasteiger partial charge in [-0.1, -0.05) is 11.8 Å². The predicted octanol–water partition coefficient (Wildman–Crippen LogP) is 3.02. The van der Waals surface area contributed by atoms with Crippen LogP contribution in [0.25, 0.3) is 0 Å². The molecule has 184 valence electrons. The summed E-state index contributed by atoms with van der Waals surface area (Å²) in [7, 11) is -2.10. The zero-order valence-electron chi connectivity index (χ0n) is 19.5. The Kier molecular flexibility index (Phi) is 7.61. The third kappa shape index (κ3) is 6.46. The number of nitrogens with zero attached hydrogens (tertiary/aromatic N) is 3. The molecule has 2 aromatic carbocycles. The average molecular weight is 506 g/mol. The quantitative estimate of drug-likeness (QED) is 0.283. The van der Waals surface area contributed by atoms with E-state index in [0.717, 1.165) is 18.4 Å². The van der Waals surface area contributed by atoms with Gasteiger partial charge in [-0.25, -0.2) is 12.8 Å². The van der Waals surface area contributed by atoms with Crippen LogP contribution in [-0.4, -0.2) is 40.8 Å². The van der Waals surface area contributed by atoms with Gasteiger partial charge in [0.2, 0.25) is 0 Å². The number of aryl methyl sites for hydroxylation is 2. The highest BCUT2D eigenvalue weighted by Gasteiger charge is 2.21. The molecule has 0 radical (unpaired) electrons. The van der Waals surface area contributed by atoms with E-state index in [1.807, 2.05) is 0 Å².